The Kier molecular flexibility index (Phi) is 7.80. The highest BCUT2D eigenvalue weighted by atomic mass is 32.1. The van der Waals surface area contributed by atoms with Crippen LogP contribution in [0.15, 0.2) is 53.9 Å². The maximum absolute atomic E-state index is 12.6. The molecule has 0 radical (unpaired) electrons. The molecule has 1 amide bonds. The molecule has 1 aliphatic heterocycles. The van der Waals surface area contributed by atoms with Crippen molar-refractivity contribution in [3.63, 3.8) is 0 Å². The van der Waals surface area contributed by atoms with Crippen molar-refractivity contribution in [1.29, 1.82) is 0 Å². The van der Waals surface area contributed by atoms with Crippen molar-refractivity contribution in [2.24, 2.45) is 0 Å². The number of thiazole rings is 1. The quantitative estimate of drug-likeness (QED) is 0.470. The fourth-order valence-corrected chi connectivity index (χ4v) is 5.32. The smallest absolute Gasteiger partial charge is 0.271 e. The average molecular weight is 494 g/mol. The molecule has 2 N–H and O–H groups in total. The van der Waals surface area contributed by atoms with E-state index in [1.165, 1.54) is 5.56 Å². The normalized spacial score (nSPS) is 14.0. The molecule has 8 heteroatoms. The zero-order valence-corrected chi connectivity index (χ0v) is 21.5. The van der Waals surface area contributed by atoms with Crippen LogP contribution in [-0.4, -0.2) is 48.1 Å². The summed E-state index contributed by atoms with van der Waals surface area (Å²) in [5, 5.41) is 10.0. The number of likely N-dealkylation sites (tertiary alicyclic amines) is 1. The van der Waals surface area contributed by atoms with Gasteiger partial charge in [0.25, 0.3) is 5.91 Å². The molecular formula is C26H31N5OS2. The largest absolute Gasteiger partial charge is 0.378 e. The molecule has 178 valence electrons. The zero-order valence-electron chi connectivity index (χ0n) is 19.9. The van der Waals surface area contributed by atoms with E-state index >= 15 is 0 Å². The highest BCUT2D eigenvalue weighted by molar-refractivity contribution is 7.80. The summed E-state index contributed by atoms with van der Waals surface area (Å²) in [7, 11) is 4.06. The first-order valence-electron chi connectivity index (χ1n) is 11.5. The van der Waals surface area contributed by atoms with Crippen LogP contribution in [0, 0.1) is 6.92 Å². The molecule has 2 heterocycles. The molecule has 1 fully saturated rings. The summed E-state index contributed by atoms with van der Waals surface area (Å²) in [4.78, 5) is 21.5. The van der Waals surface area contributed by atoms with E-state index < -0.39 is 0 Å². The SMILES string of the molecule is Cc1cccc(CNC(=O)c2csc(C3CCN(C(=S)Nc4ccc(N(C)C)cc4)CC3)n2)c1. The summed E-state index contributed by atoms with van der Waals surface area (Å²) in [5.41, 5.74) is 4.94. The third-order valence-corrected chi connectivity index (χ3v) is 7.42. The molecule has 3 aromatic rings. The van der Waals surface area contributed by atoms with Gasteiger partial charge in [0.1, 0.15) is 5.69 Å². The van der Waals surface area contributed by atoms with Gasteiger partial charge in [-0.3, -0.25) is 4.79 Å². The molecule has 0 unspecified atom stereocenters. The van der Waals surface area contributed by atoms with Crippen LogP contribution in [0.5, 0.6) is 0 Å². The maximum atomic E-state index is 12.6. The van der Waals surface area contributed by atoms with Crippen LogP contribution in [0.25, 0.3) is 0 Å². The van der Waals surface area contributed by atoms with Crippen molar-refractivity contribution in [3.8, 4) is 0 Å². The molecule has 1 aromatic heterocycles. The number of aromatic nitrogens is 1. The molecule has 4 rings (SSSR count). The third kappa shape index (κ3) is 6.12. The minimum Gasteiger partial charge on any atom is -0.378 e. The number of amides is 1. The van der Waals surface area contributed by atoms with Crippen LogP contribution in [0.2, 0.25) is 0 Å². The van der Waals surface area contributed by atoms with Crippen molar-refractivity contribution >= 4 is 45.9 Å². The summed E-state index contributed by atoms with van der Waals surface area (Å²) in [6, 6.07) is 16.4. The average Bonchev–Trinajstić information content (AvgIpc) is 3.33. The van der Waals surface area contributed by atoms with E-state index in [1.807, 2.05) is 31.6 Å². The first kappa shape index (κ1) is 24.2. The predicted molar refractivity (Wildman–Crippen MR) is 145 cm³/mol. The number of piperidine rings is 1. The van der Waals surface area contributed by atoms with Crippen LogP contribution in [0.3, 0.4) is 0 Å². The van der Waals surface area contributed by atoms with Crippen LogP contribution in [0.1, 0.15) is 45.4 Å². The number of nitrogens with zero attached hydrogens (tertiary/aromatic N) is 3. The van der Waals surface area contributed by atoms with Crippen LogP contribution in [0.4, 0.5) is 11.4 Å². The van der Waals surface area contributed by atoms with E-state index in [9.17, 15) is 4.79 Å². The van der Waals surface area contributed by atoms with Gasteiger partial charge in [-0.25, -0.2) is 4.98 Å². The number of anilines is 2. The van der Waals surface area contributed by atoms with Crippen molar-refractivity contribution in [2.75, 3.05) is 37.4 Å². The zero-order chi connectivity index (χ0) is 24.1. The van der Waals surface area contributed by atoms with Gasteiger partial charge in [0.05, 0.1) is 5.01 Å². The van der Waals surface area contributed by atoms with E-state index in [2.05, 4.69) is 68.7 Å². The number of carbonyl (C=O) groups excluding carboxylic acids is 1. The second kappa shape index (κ2) is 11.0. The Morgan fingerprint density at radius 2 is 1.91 bits per heavy atom. The van der Waals surface area contributed by atoms with E-state index in [0.29, 0.717) is 18.2 Å². The molecular weight excluding hydrogens is 462 g/mol. The van der Waals surface area contributed by atoms with Crippen LogP contribution >= 0.6 is 23.6 Å². The summed E-state index contributed by atoms with van der Waals surface area (Å²) < 4.78 is 0. The van der Waals surface area contributed by atoms with Gasteiger partial charge in [0.2, 0.25) is 0 Å². The topological polar surface area (TPSA) is 60.5 Å². The first-order chi connectivity index (χ1) is 16.4. The van der Waals surface area contributed by atoms with Crippen molar-refractivity contribution in [1.82, 2.24) is 15.2 Å². The molecule has 1 saturated heterocycles. The Morgan fingerprint density at radius 1 is 1.18 bits per heavy atom. The van der Waals surface area contributed by atoms with Gasteiger partial charge in [-0.15, -0.1) is 11.3 Å². The number of aryl methyl sites for hydroxylation is 1. The van der Waals surface area contributed by atoms with Gasteiger partial charge >= 0.3 is 0 Å². The molecule has 1 aliphatic rings. The lowest BCUT2D eigenvalue weighted by atomic mass is 9.98. The number of hydrogen-bond donors (Lipinski definition) is 2. The Bertz CT molecular complexity index is 1130. The third-order valence-electron chi connectivity index (χ3n) is 6.06. The molecule has 0 aliphatic carbocycles. The Hall–Kier alpha value is -2.97. The highest BCUT2D eigenvalue weighted by Crippen LogP contribution is 2.30. The first-order valence-corrected chi connectivity index (χ1v) is 12.8. The minimum absolute atomic E-state index is 0.118. The molecule has 0 spiro atoms. The molecule has 0 atom stereocenters. The van der Waals surface area contributed by atoms with E-state index in [1.54, 1.807) is 11.3 Å². The fraction of sp³-hybridized carbons (Fsp3) is 0.346. The van der Waals surface area contributed by atoms with Gasteiger partial charge in [0.15, 0.2) is 5.11 Å². The van der Waals surface area contributed by atoms with Gasteiger partial charge in [0, 0.05) is 56.4 Å². The Balaban J connectivity index is 1.26. The van der Waals surface area contributed by atoms with Gasteiger partial charge in [-0.2, -0.15) is 0 Å². The lowest BCUT2D eigenvalue weighted by molar-refractivity contribution is 0.0946. The van der Waals surface area contributed by atoms with Gasteiger partial charge < -0.3 is 20.4 Å². The molecule has 0 bridgehead atoms. The lowest BCUT2D eigenvalue weighted by Gasteiger charge is -2.33. The van der Waals surface area contributed by atoms with Crippen molar-refractivity contribution in [3.05, 3.63) is 75.7 Å². The number of benzene rings is 2. The highest BCUT2D eigenvalue weighted by Gasteiger charge is 2.25. The number of carbonyl (C=O) groups is 1. The predicted octanol–water partition coefficient (Wildman–Crippen LogP) is 5.02. The van der Waals surface area contributed by atoms with E-state index in [0.717, 1.165) is 53.0 Å². The summed E-state index contributed by atoms with van der Waals surface area (Å²) in [6.45, 7) is 4.31. The molecule has 2 aromatic carbocycles. The molecule has 0 saturated carbocycles. The van der Waals surface area contributed by atoms with Gasteiger partial charge in [-0.1, -0.05) is 29.8 Å². The monoisotopic (exact) mass is 493 g/mol. The number of hydrogen-bond acceptors (Lipinski definition) is 5. The second-order valence-corrected chi connectivity index (χ2v) is 10.2. The maximum Gasteiger partial charge on any atom is 0.271 e. The fourth-order valence-electron chi connectivity index (χ4n) is 4.05. The van der Waals surface area contributed by atoms with Crippen LogP contribution in [-0.2, 0) is 6.54 Å². The Morgan fingerprint density at radius 3 is 2.59 bits per heavy atom. The second-order valence-electron chi connectivity index (χ2n) is 8.88. The van der Waals surface area contributed by atoms with E-state index in [-0.39, 0.29) is 5.91 Å². The lowest BCUT2D eigenvalue weighted by Crippen LogP contribution is -2.40. The summed E-state index contributed by atoms with van der Waals surface area (Å²) in [5.74, 6) is 0.244. The minimum atomic E-state index is -0.118. The Labute approximate surface area is 211 Å². The number of thiocarbonyl (C=S) groups is 1. The molecule has 34 heavy (non-hydrogen) atoms. The van der Waals surface area contributed by atoms with Crippen molar-refractivity contribution < 1.29 is 4.79 Å². The van der Waals surface area contributed by atoms with Gasteiger partial charge in [-0.05, 0) is 61.8 Å². The number of rotatable bonds is 6. The molecule has 6 nitrogen and oxygen atoms in total. The summed E-state index contributed by atoms with van der Waals surface area (Å²) >= 11 is 7.23. The summed E-state index contributed by atoms with van der Waals surface area (Å²) in [6.07, 6.45) is 1.94. The van der Waals surface area contributed by atoms with Crippen molar-refractivity contribution in [2.45, 2.75) is 32.2 Å². The standard InChI is InChI=1S/C26H31N5OS2/c1-18-5-4-6-19(15-18)16-27-24(32)23-17-34-25(29-23)20-11-13-31(14-12-20)26(33)28-21-7-9-22(10-8-21)30(2)3/h4-10,15,17,20H,11-14,16H2,1-3H3,(H,27,32)(H,28,33). The van der Waals surface area contributed by atoms with E-state index in [4.69, 9.17) is 12.2 Å². The van der Waals surface area contributed by atoms with Crippen LogP contribution < -0.4 is 15.5 Å². The number of nitrogens with one attached hydrogen (secondary N) is 2.